The van der Waals surface area contributed by atoms with Gasteiger partial charge in [0, 0.05) is 5.92 Å². The van der Waals surface area contributed by atoms with Gasteiger partial charge in [-0.1, -0.05) is 13.8 Å². The summed E-state index contributed by atoms with van der Waals surface area (Å²) in [5.41, 5.74) is 10.3. The summed E-state index contributed by atoms with van der Waals surface area (Å²) in [6.45, 7) is 3.24. The third kappa shape index (κ3) is 3.29. The Morgan fingerprint density at radius 3 is 1.92 bits per heavy atom. The second-order valence-electron chi connectivity index (χ2n) is 2.62. The fraction of sp³-hybridized carbons (Fsp3) is 1.00. The molecule has 0 fully saturated rings. The number of nitrogens with two attached hydrogens (primary N) is 2. The van der Waals surface area contributed by atoms with E-state index in [1.165, 1.54) is 6.92 Å². The summed E-state index contributed by atoms with van der Waals surface area (Å²) in [5, 5.41) is 0. The second kappa shape index (κ2) is 4.90. The van der Waals surface area contributed by atoms with Crippen molar-refractivity contribution in [1.29, 1.82) is 0 Å². The Labute approximate surface area is 94.9 Å². The Morgan fingerprint density at radius 1 is 1.50 bits per heavy atom. The second-order valence-corrected chi connectivity index (χ2v) is 4.23. The van der Waals surface area contributed by atoms with Crippen molar-refractivity contribution >= 4 is 10.1 Å². The minimum atomic E-state index is -4.61. The molecule has 0 bridgehead atoms. The molecule has 7 heteroatoms. The molecule has 0 aromatic rings. The maximum atomic E-state index is 10.4. The predicted molar refractivity (Wildman–Crippen MR) is 40.3 cm³/mol. The SMILES string of the molecule is CCC(C)C(N)(N)S(=O)(=O)[O-].[Na+]. The molecule has 0 radical (unpaired) electrons. The normalized spacial score (nSPS) is 15.1. The van der Waals surface area contributed by atoms with E-state index in [-0.39, 0.29) is 29.6 Å². The molecular formula is C5H13N2NaO3S. The summed E-state index contributed by atoms with van der Waals surface area (Å²) in [7, 11) is -4.61. The smallest absolute Gasteiger partial charge is 0.745 e. The Morgan fingerprint density at radius 2 is 1.83 bits per heavy atom. The van der Waals surface area contributed by atoms with Crippen LogP contribution in [0.25, 0.3) is 0 Å². The zero-order chi connectivity index (χ0) is 9.28. The van der Waals surface area contributed by atoms with Gasteiger partial charge in [0.2, 0.25) is 0 Å². The van der Waals surface area contributed by atoms with E-state index in [0.29, 0.717) is 6.42 Å². The first kappa shape index (κ1) is 15.3. The van der Waals surface area contributed by atoms with Gasteiger partial charge >= 0.3 is 29.6 Å². The first-order valence-corrected chi connectivity index (χ1v) is 4.67. The summed E-state index contributed by atoms with van der Waals surface area (Å²) in [4.78, 5) is -2.14. The van der Waals surface area contributed by atoms with E-state index in [4.69, 9.17) is 11.5 Å². The largest absolute Gasteiger partial charge is 1.00 e. The van der Waals surface area contributed by atoms with E-state index in [2.05, 4.69) is 0 Å². The van der Waals surface area contributed by atoms with Gasteiger partial charge in [0.15, 0.2) is 4.99 Å². The number of hydrogen-bond acceptors (Lipinski definition) is 5. The van der Waals surface area contributed by atoms with Crippen LogP contribution in [-0.2, 0) is 10.1 Å². The van der Waals surface area contributed by atoms with Gasteiger partial charge in [0.25, 0.3) is 0 Å². The molecule has 1 unspecified atom stereocenters. The van der Waals surface area contributed by atoms with Gasteiger partial charge in [-0.2, -0.15) is 0 Å². The van der Waals surface area contributed by atoms with Crippen molar-refractivity contribution in [2.45, 2.75) is 25.3 Å². The summed E-state index contributed by atoms with van der Waals surface area (Å²) in [6, 6.07) is 0. The molecule has 5 nitrogen and oxygen atoms in total. The van der Waals surface area contributed by atoms with Crippen molar-refractivity contribution in [3.05, 3.63) is 0 Å². The third-order valence-electron chi connectivity index (χ3n) is 1.82. The maximum absolute atomic E-state index is 10.4. The Kier molecular flexibility index (Phi) is 6.25. The summed E-state index contributed by atoms with van der Waals surface area (Å²) >= 11 is 0. The van der Waals surface area contributed by atoms with Crippen LogP contribution in [0.3, 0.4) is 0 Å². The monoisotopic (exact) mass is 204 g/mol. The van der Waals surface area contributed by atoms with Crippen LogP contribution in [0, 0.1) is 5.92 Å². The molecule has 0 aliphatic heterocycles. The molecular weight excluding hydrogens is 191 g/mol. The molecule has 0 amide bonds. The van der Waals surface area contributed by atoms with Crippen LogP contribution in [0.2, 0.25) is 0 Å². The molecule has 4 N–H and O–H groups in total. The van der Waals surface area contributed by atoms with Crippen LogP contribution in [-0.4, -0.2) is 18.0 Å². The molecule has 0 saturated heterocycles. The van der Waals surface area contributed by atoms with Gasteiger partial charge in [-0.15, -0.1) is 0 Å². The van der Waals surface area contributed by atoms with Crippen molar-refractivity contribution < 1.29 is 42.5 Å². The zero-order valence-corrected chi connectivity index (χ0v) is 10.4. The van der Waals surface area contributed by atoms with E-state index in [1.807, 2.05) is 0 Å². The fourth-order valence-electron chi connectivity index (χ4n) is 0.565. The van der Waals surface area contributed by atoms with Crippen molar-refractivity contribution in [2.75, 3.05) is 0 Å². The minimum Gasteiger partial charge on any atom is -0.745 e. The molecule has 0 spiro atoms. The Bertz CT molecular complexity index is 227. The van der Waals surface area contributed by atoms with Crippen LogP contribution >= 0.6 is 0 Å². The summed E-state index contributed by atoms with van der Waals surface area (Å²) in [6.07, 6.45) is 0.453. The van der Waals surface area contributed by atoms with E-state index in [1.54, 1.807) is 6.92 Å². The van der Waals surface area contributed by atoms with Gasteiger partial charge in [0.05, 0.1) is 0 Å². The van der Waals surface area contributed by atoms with Gasteiger partial charge in [-0.25, -0.2) is 8.42 Å². The molecule has 0 aromatic carbocycles. The van der Waals surface area contributed by atoms with Crippen LogP contribution < -0.4 is 41.0 Å². The van der Waals surface area contributed by atoms with Crippen molar-refractivity contribution in [1.82, 2.24) is 0 Å². The predicted octanol–water partition coefficient (Wildman–Crippen LogP) is -3.85. The zero-order valence-electron chi connectivity index (χ0n) is 7.57. The van der Waals surface area contributed by atoms with Crippen LogP contribution in [0.5, 0.6) is 0 Å². The Balaban J connectivity index is 0. The van der Waals surface area contributed by atoms with Gasteiger partial charge in [0.1, 0.15) is 10.1 Å². The standard InChI is InChI=1S/C5H14N2O3S.Na/c1-3-4(2)5(6,7)11(8,9)10;/h4H,3,6-7H2,1-2H3,(H,8,9,10);/q;+1/p-1. The summed E-state index contributed by atoms with van der Waals surface area (Å²) in [5.74, 6) is -0.537. The molecule has 0 aliphatic rings. The Hall–Kier alpha value is 0.830. The van der Waals surface area contributed by atoms with Gasteiger partial charge < -0.3 is 16.0 Å². The number of hydrogen-bond donors (Lipinski definition) is 2. The van der Waals surface area contributed by atoms with Crippen LogP contribution in [0.1, 0.15) is 20.3 Å². The topological polar surface area (TPSA) is 109 Å². The average Bonchev–Trinajstić information content (AvgIpc) is 1.83. The first-order valence-electron chi connectivity index (χ1n) is 3.26. The first-order chi connectivity index (χ1) is 4.73. The quantitative estimate of drug-likeness (QED) is 0.278. The molecule has 0 saturated carbocycles. The van der Waals surface area contributed by atoms with E-state index in [0.717, 1.165) is 0 Å². The van der Waals surface area contributed by atoms with E-state index < -0.39 is 21.0 Å². The van der Waals surface area contributed by atoms with Crippen molar-refractivity contribution in [2.24, 2.45) is 17.4 Å². The minimum absolute atomic E-state index is 0. The molecule has 0 aromatic heterocycles. The molecule has 1 atom stereocenters. The van der Waals surface area contributed by atoms with E-state index >= 15 is 0 Å². The molecule has 0 aliphatic carbocycles. The fourth-order valence-corrected chi connectivity index (χ4v) is 1.22. The summed E-state index contributed by atoms with van der Waals surface area (Å²) < 4.78 is 31.3. The van der Waals surface area contributed by atoms with Gasteiger partial charge in [-0.05, 0) is 6.42 Å². The van der Waals surface area contributed by atoms with Crippen LogP contribution in [0.15, 0.2) is 0 Å². The molecule has 68 valence electrons. The molecule has 12 heavy (non-hydrogen) atoms. The molecule has 0 rings (SSSR count). The van der Waals surface area contributed by atoms with Gasteiger partial charge in [-0.3, -0.25) is 0 Å². The third-order valence-corrected chi connectivity index (χ3v) is 3.08. The van der Waals surface area contributed by atoms with Crippen molar-refractivity contribution in [3.8, 4) is 0 Å². The maximum Gasteiger partial charge on any atom is 1.00 e. The molecule has 0 heterocycles. The number of rotatable bonds is 3. The van der Waals surface area contributed by atoms with Crippen molar-refractivity contribution in [3.63, 3.8) is 0 Å². The average molecular weight is 204 g/mol. The van der Waals surface area contributed by atoms with E-state index in [9.17, 15) is 13.0 Å². The van der Waals surface area contributed by atoms with Crippen LogP contribution in [0.4, 0.5) is 0 Å².